The van der Waals surface area contributed by atoms with Gasteiger partial charge < -0.3 is 10.6 Å². The number of benzene rings is 3. The molecule has 0 aliphatic rings. The van der Waals surface area contributed by atoms with Gasteiger partial charge in [0.2, 0.25) is 0 Å². The van der Waals surface area contributed by atoms with Crippen LogP contribution in [0.25, 0.3) is 0 Å². The summed E-state index contributed by atoms with van der Waals surface area (Å²) in [5, 5.41) is 5.91. The van der Waals surface area contributed by atoms with Gasteiger partial charge >= 0.3 is 0 Å². The van der Waals surface area contributed by atoms with Crippen LogP contribution in [0.3, 0.4) is 0 Å². The van der Waals surface area contributed by atoms with Crippen molar-refractivity contribution in [1.29, 1.82) is 0 Å². The Balaban J connectivity index is 1.47. The van der Waals surface area contributed by atoms with Gasteiger partial charge in [0.05, 0.1) is 6.04 Å². The molecule has 1 unspecified atom stereocenters. The van der Waals surface area contributed by atoms with E-state index in [1.54, 1.807) is 24.3 Å². The molecule has 0 aliphatic heterocycles. The first kappa shape index (κ1) is 20.3. The molecule has 0 saturated heterocycles. The highest BCUT2D eigenvalue weighted by Gasteiger charge is 2.12. The molecule has 0 heterocycles. The maximum absolute atomic E-state index is 12.4. The highest BCUT2D eigenvalue weighted by Crippen LogP contribution is 2.13. The first-order valence-corrected chi connectivity index (χ1v) is 9.91. The Morgan fingerprint density at radius 3 is 1.93 bits per heavy atom. The molecule has 148 valence electrons. The second-order valence-electron chi connectivity index (χ2n) is 7.03. The monoisotopic (exact) mass is 386 g/mol. The summed E-state index contributed by atoms with van der Waals surface area (Å²) in [7, 11) is 0. The molecular weight excluding hydrogens is 360 g/mol. The van der Waals surface area contributed by atoms with E-state index in [-0.39, 0.29) is 17.9 Å². The van der Waals surface area contributed by atoms with Gasteiger partial charge in [0.25, 0.3) is 11.8 Å². The summed E-state index contributed by atoms with van der Waals surface area (Å²) in [5.74, 6) is -0.279. The summed E-state index contributed by atoms with van der Waals surface area (Å²) in [4.78, 5) is 24.7. The molecule has 2 N–H and O–H groups in total. The highest BCUT2D eigenvalue weighted by molar-refractivity contribution is 5.97. The Hall–Kier alpha value is -3.40. The Kier molecular flexibility index (Phi) is 7.17. The fraction of sp³-hybridized carbons (Fsp3) is 0.200. The lowest BCUT2D eigenvalue weighted by molar-refractivity contribution is 0.0933. The van der Waals surface area contributed by atoms with Crippen molar-refractivity contribution in [3.63, 3.8) is 0 Å². The van der Waals surface area contributed by atoms with E-state index in [1.807, 2.05) is 55.5 Å². The fourth-order valence-electron chi connectivity index (χ4n) is 3.12. The summed E-state index contributed by atoms with van der Waals surface area (Å²) in [6, 6.07) is 26.7. The number of aryl methyl sites for hydroxylation is 1. The Bertz CT molecular complexity index is 922. The number of amides is 2. The van der Waals surface area contributed by atoms with Crippen LogP contribution in [0, 0.1) is 0 Å². The molecule has 1 atom stereocenters. The van der Waals surface area contributed by atoms with Gasteiger partial charge in [-0.25, -0.2) is 0 Å². The van der Waals surface area contributed by atoms with Crippen molar-refractivity contribution >= 4 is 11.8 Å². The van der Waals surface area contributed by atoms with E-state index < -0.39 is 0 Å². The SMILES string of the molecule is CC(NC(=O)c1ccc(C(=O)NCCCc2ccccc2)cc1)c1ccccc1. The van der Waals surface area contributed by atoms with Crippen molar-refractivity contribution in [2.45, 2.75) is 25.8 Å². The molecule has 4 heteroatoms. The minimum atomic E-state index is -0.156. The number of rotatable bonds is 8. The molecular formula is C25H26N2O2. The third-order valence-electron chi connectivity index (χ3n) is 4.83. The number of hydrogen-bond acceptors (Lipinski definition) is 2. The normalized spacial score (nSPS) is 11.5. The van der Waals surface area contributed by atoms with Crippen molar-refractivity contribution < 1.29 is 9.59 Å². The van der Waals surface area contributed by atoms with Crippen molar-refractivity contribution in [3.8, 4) is 0 Å². The number of hydrogen-bond donors (Lipinski definition) is 2. The van der Waals surface area contributed by atoms with Crippen LogP contribution >= 0.6 is 0 Å². The molecule has 3 rings (SSSR count). The predicted molar refractivity (Wildman–Crippen MR) is 116 cm³/mol. The van der Waals surface area contributed by atoms with Gasteiger partial charge in [-0.2, -0.15) is 0 Å². The van der Waals surface area contributed by atoms with E-state index >= 15 is 0 Å². The van der Waals surface area contributed by atoms with E-state index in [1.165, 1.54) is 5.56 Å². The van der Waals surface area contributed by atoms with E-state index in [0.29, 0.717) is 17.7 Å². The maximum Gasteiger partial charge on any atom is 0.251 e. The molecule has 4 nitrogen and oxygen atoms in total. The van der Waals surface area contributed by atoms with Gasteiger partial charge in [-0.05, 0) is 55.2 Å². The first-order valence-electron chi connectivity index (χ1n) is 9.91. The molecule has 0 saturated carbocycles. The quantitative estimate of drug-likeness (QED) is 0.559. The molecule has 0 spiro atoms. The number of nitrogens with one attached hydrogen (secondary N) is 2. The topological polar surface area (TPSA) is 58.2 Å². The Labute approximate surface area is 172 Å². The van der Waals surface area contributed by atoms with E-state index in [9.17, 15) is 9.59 Å². The van der Waals surface area contributed by atoms with Gasteiger partial charge in [0.1, 0.15) is 0 Å². The molecule has 3 aromatic carbocycles. The molecule has 0 bridgehead atoms. The fourth-order valence-corrected chi connectivity index (χ4v) is 3.12. The summed E-state index contributed by atoms with van der Waals surface area (Å²) in [5.41, 5.74) is 3.40. The zero-order valence-corrected chi connectivity index (χ0v) is 16.6. The molecule has 0 radical (unpaired) electrons. The van der Waals surface area contributed by atoms with Crippen LogP contribution in [-0.2, 0) is 6.42 Å². The average Bonchev–Trinajstić information content (AvgIpc) is 2.78. The van der Waals surface area contributed by atoms with E-state index in [4.69, 9.17) is 0 Å². The van der Waals surface area contributed by atoms with Gasteiger partial charge in [-0.15, -0.1) is 0 Å². The van der Waals surface area contributed by atoms with Gasteiger partial charge in [0.15, 0.2) is 0 Å². The summed E-state index contributed by atoms with van der Waals surface area (Å²) in [6.45, 7) is 2.56. The second kappa shape index (κ2) is 10.2. The van der Waals surface area contributed by atoms with E-state index in [2.05, 4.69) is 22.8 Å². The lowest BCUT2D eigenvalue weighted by atomic mass is 10.1. The van der Waals surface area contributed by atoms with Crippen LogP contribution in [0.2, 0.25) is 0 Å². The zero-order valence-electron chi connectivity index (χ0n) is 16.6. The van der Waals surface area contributed by atoms with Crippen LogP contribution in [-0.4, -0.2) is 18.4 Å². The minimum absolute atomic E-state index is 0.0868. The van der Waals surface area contributed by atoms with Crippen LogP contribution in [0.5, 0.6) is 0 Å². The molecule has 2 amide bonds. The smallest absolute Gasteiger partial charge is 0.251 e. The number of carbonyl (C=O) groups excluding carboxylic acids is 2. The first-order chi connectivity index (χ1) is 14.1. The van der Waals surface area contributed by atoms with Gasteiger partial charge in [-0.1, -0.05) is 60.7 Å². The van der Waals surface area contributed by atoms with Crippen LogP contribution in [0.1, 0.15) is 51.2 Å². The summed E-state index contributed by atoms with van der Waals surface area (Å²) in [6.07, 6.45) is 1.81. The third kappa shape index (κ3) is 6.04. The minimum Gasteiger partial charge on any atom is -0.352 e. The van der Waals surface area contributed by atoms with Crippen LogP contribution < -0.4 is 10.6 Å². The van der Waals surface area contributed by atoms with E-state index in [0.717, 1.165) is 18.4 Å². The third-order valence-corrected chi connectivity index (χ3v) is 4.83. The molecule has 3 aromatic rings. The van der Waals surface area contributed by atoms with Crippen molar-refractivity contribution in [1.82, 2.24) is 10.6 Å². The molecule has 0 fully saturated rings. The van der Waals surface area contributed by atoms with Gasteiger partial charge in [-0.3, -0.25) is 9.59 Å². The number of carbonyl (C=O) groups is 2. The van der Waals surface area contributed by atoms with Crippen molar-refractivity contribution in [2.24, 2.45) is 0 Å². The van der Waals surface area contributed by atoms with Crippen molar-refractivity contribution in [3.05, 3.63) is 107 Å². The Morgan fingerprint density at radius 2 is 1.31 bits per heavy atom. The molecule has 0 aromatic heterocycles. The lowest BCUT2D eigenvalue weighted by Gasteiger charge is -2.14. The molecule has 0 aliphatic carbocycles. The summed E-state index contributed by atoms with van der Waals surface area (Å²) >= 11 is 0. The molecule has 29 heavy (non-hydrogen) atoms. The average molecular weight is 386 g/mol. The van der Waals surface area contributed by atoms with Crippen LogP contribution in [0.4, 0.5) is 0 Å². The summed E-state index contributed by atoms with van der Waals surface area (Å²) < 4.78 is 0. The second-order valence-corrected chi connectivity index (χ2v) is 7.03. The highest BCUT2D eigenvalue weighted by atomic mass is 16.2. The Morgan fingerprint density at radius 1 is 0.759 bits per heavy atom. The van der Waals surface area contributed by atoms with Crippen LogP contribution in [0.15, 0.2) is 84.9 Å². The standard InChI is InChI=1S/C25H26N2O2/c1-19(21-12-6-3-7-13-21)27-25(29)23-16-14-22(15-17-23)24(28)26-18-8-11-20-9-4-2-5-10-20/h2-7,9-10,12-17,19H,8,11,18H2,1H3,(H,26,28)(H,27,29). The predicted octanol–water partition coefficient (Wildman–Crippen LogP) is 4.54. The largest absolute Gasteiger partial charge is 0.352 e. The van der Waals surface area contributed by atoms with Crippen molar-refractivity contribution in [2.75, 3.05) is 6.54 Å². The lowest BCUT2D eigenvalue weighted by Crippen LogP contribution is -2.27. The van der Waals surface area contributed by atoms with Gasteiger partial charge in [0, 0.05) is 17.7 Å². The zero-order chi connectivity index (χ0) is 20.5. The maximum atomic E-state index is 12.4.